The number of carbonyl (C=O) groups is 1. The summed E-state index contributed by atoms with van der Waals surface area (Å²) in [4.78, 5) is 12.3. The molecule has 1 aromatic heterocycles. The number of fused-ring (bicyclic) bond motifs is 1. The van der Waals surface area contributed by atoms with Gasteiger partial charge in [0.25, 0.3) is 5.91 Å². The molecule has 0 bridgehead atoms. The second-order valence-corrected chi connectivity index (χ2v) is 6.90. The van der Waals surface area contributed by atoms with E-state index in [4.69, 9.17) is 0 Å². The molecule has 1 aliphatic rings. The summed E-state index contributed by atoms with van der Waals surface area (Å²) in [6.45, 7) is 11.1. The van der Waals surface area contributed by atoms with Crippen molar-refractivity contribution in [2.24, 2.45) is 11.3 Å². The van der Waals surface area contributed by atoms with E-state index in [1.165, 1.54) is 0 Å². The minimum absolute atomic E-state index is 0.0666. The van der Waals surface area contributed by atoms with Crippen LogP contribution >= 0.6 is 0 Å². The van der Waals surface area contributed by atoms with E-state index in [1.54, 1.807) is 0 Å². The monoisotopic (exact) mass is 278 g/mol. The second kappa shape index (κ2) is 5.95. The summed E-state index contributed by atoms with van der Waals surface area (Å²) in [6, 6.07) is 0. The van der Waals surface area contributed by atoms with Crippen LogP contribution in [0.15, 0.2) is 0 Å². The summed E-state index contributed by atoms with van der Waals surface area (Å²) in [5.41, 5.74) is 2.77. The summed E-state index contributed by atoms with van der Waals surface area (Å²) in [6.07, 6.45) is 2.00. The van der Waals surface area contributed by atoms with Crippen LogP contribution in [0.2, 0.25) is 0 Å². The number of rotatable bonds is 5. The van der Waals surface area contributed by atoms with Crippen LogP contribution in [-0.4, -0.2) is 29.2 Å². The smallest absolute Gasteiger partial charge is 0.272 e. The number of aromatic amines is 1. The highest BCUT2D eigenvalue weighted by Gasteiger charge is 2.24. The van der Waals surface area contributed by atoms with E-state index < -0.39 is 0 Å². The topological polar surface area (TPSA) is 69.8 Å². The number of hydrogen-bond acceptors (Lipinski definition) is 3. The maximum absolute atomic E-state index is 12.3. The standard InChI is InChI=1S/C15H26N4O/c1-10(2)7-15(3,4)9-17-14(20)13-11-8-16-6-5-12(11)18-19-13/h10,16H,5-9H2,1-4H3,(H,17,20)(H,18,19). The van der Waals surface area contributed by atoms with E-state index in [9.17, 15) is 4.79 Å². The van der Waals surface area contributed by atoms with Gasteiger partial charge in [0.05, 0.1) is 0 Å². The fraction of sp³-hybridized carbons (Fsp3) is 0.733. The third kappa shape index (κ3) is 3.60. The van der Waals surface area contributed by atoms with Crippen LogP contribution in [0.4, 0.5) is 0 Å². The molecule has 0 aromatic carbocycles. The zero-order valence-corrected chi connectivity index (χ0v) is 13.0. The third-order valence-corrected chi connectivity index (χ3v) is 3.71. The maximum Gasteiger partial charge on any atom is 0.272 e. The lowest BCUT2D eigenvalue weighted by Gasteiger charge is -2.26. The highest BCUT2D eigenvalue weighted by molar-refractivity contribution is 5.94. The molecular weight excluding hydrogens is 252 g/mol. The van der Waals surface area contributed by atoms with Crippen molar-refractivity contribution in [1.82, 2.24) is 20.8 Å². The number of nitrogens with one attached hydrogen (secondary N) is 3. The van der Waals surface area contributed by atoms with E-state index in [-0.39, 0.29) is 11.3 Å². The molecule has 2 heterocycles. The molecule has 0 fully saturated rings. The number of amides is 1. The average Bonchev–Trinajstić information content (AvgIpc) is 2.78. The van der Waals surface area contributed by atoms with Gasteiger partial charge in [0, 0.05) is 37.3 Å². The fourth-order valence-corrected chi connectivity index (χ4v) is 2.99. The molecule has 2 rings (SSSR count). The van der Waals surface area contributed by atoms with Gasteiger partial charge in [0.2, 0.25) is 0 Å². The van der Waals surface area contributed by atoms with Crippen molar-refractivity contribution in [2.45, 2.75) is 47.1 Å². The highest BCUT2D eigenvalue weighted by atomic mass is 16.1. The van der Waals surface area contributed by atoms with Crippen LogP contribution < -0.4 is 10.6 Å². The van der Waals surface area contributed by atoms with Crippen molar-refractivity contribution in [1.29, 1.82) is 0 Å². The van der Waals surface area contributed by atoms with Gasteiger partial charge in [-0.15, -0.1) is 0 Å². The van der Waals surface area contributed by atoms with Crippen LogP contribution in [0.25, 0.3) is 0 Å². The molecule has 1 aromatic rings. The van der Waals surface area contributed by atoms with Crippen LogP contribution in [-0.2, 0) is 13.0 Å². The summed E-state index contributed by atoms with van der Waals surface area (Å²) in [7, 11) is 0. The van der Waals surface area contributed by atoms with Crippen molar-refractivity contribution >= 4 is 5.91 Å². The van der Waals surface area contributed by atoms with E-state index in [1.807, 2.05) is 0 Å². The Hall–Kier alpha value is -1.36. The molecule has 3 N–H and O–H groups in total. The molecule has 5 nitrogen and oxygen atoms in total. The molecule has 0 saturated heterocycles. The highest BCUT2D eigenvalue weighted by Crippen LogP contribution is 2.24. The predicted molar refractivity (Wildman–Crippen MR) is 79.6 cm³/mol. The van der Waals surface area contributed by atoms with E-state index in [0.29, 0.717) is 18.2 Å². The third-order valence-electron chi connectivity index (χ3n) is 3.71. The lowest BCUT2D eigenvalue weighted by Crippen LogP contribution is -2.36. The van der Waals surface area contributed by atoms with Gasteiger partial charge in [0.15, 0.2) is 5.69 Å². The minimum Gasteiger partial charge on any atom is -0.350 e. The summed E-state index contributed by atoms with van der Waals surface area (Å²) < 4.78 is 0. The SMILES string of the molecule is CC(C)CC(C)(C)CNC(=O)c1n[nH]c2c1CNCC2. The molecule has 1 amide bonds. The Balaban J connectivity index is 1.97. The zero-order valence-electron chi connectivity index (χ0n) is 13.0. The first-order valence-electron chi connectivity index (χ1n) is 7.44. The predicted octanol–water partition coefficient (Wildman–Crippen LogP) is 1.86. The average molecular weight is 278 g/mol. The summed E-state index contributed by atoms with van der Waals surface area (Å²) >= 11 is 0. The lowest BCUT2D eigenvalue weighted by molar-refractivity contribution is 0.0925. The number of aromatic nitrogens is 2. The number of hydrogen-bond donors (Lipinski definition) is 3. The van der Waals surface area contributed by atoms with Crippen molar-refractivity contribution < 1.29 is 4.79 Å². The van der Waals surface area contributed by atoms with Crippen LogP contribution in [0.5, 0.6) is 0 Å². The molecule has 0 aliphatic carbocycles. The first kappa shape index (κ1) is 15.0. The van der Waals surface area contributed by atoms with Gasteiger partial charge in [0.1, 0.15) is 0 Å². The van der Waals surface area contributed by atoms with Crippen LogP contribution in [0.1, 0.15) is 55.9 Å². The van der Waals surface area contributed by atoms with Gasteiger partial charge in [-0.2, -0.15) is 5.10 Å². The Morgan fingerprint density at radius 3 is 2.90 bits per heavy atom. The van der Waals surface area contributed by atoms with Crippen LogP contribution in [0, 0.1) is 11.3 Å². The molecule has 0 spiro atoms. The van der Waals surface area contributed by atoms with Gasteiger partial charge in [-0.25, -0.2) is 0 Å². The molecule has 1 aliphatic heterocycles. The fourth-order valence-electron chi connectivity index (χ4n) is 2.99. The van der Waals surface area contributed by atoms with E-state index in [0.717, 1.165) is 37.2 Å². The number of H-pyrrole nitrogens is 1. The molecule has 0 saturated carbocycles. The van der Waals surface area contributed by atoms with E-state index >= 15 is 0 Å². The van der Waals surface area contributed by atoms with Crippen molar-refractivity contribution in [3.8, 4) is 0 Å². The first-order valence-corrected chi connectivity index (χ1v) is 7.44. The molecule has 112 valence electrons. The Morgan fingerprint density at radius 2 is 2.20 bits per heavy atom. The summed E-state index contributed by atoms with van der Waals surface area (Å²) in [5.74, 6) is 0.562. The Bertz CT molecular complexity index is 476. The minimum atomic E-state index is -0.0666. The zero-order chi connectivity index (χ0) is 14.8. The Kier molecular flexibility index (Phi) is 4.48. The molecule has 20 heavy (non-hydrogen) atoms. The van der Waals surface area contributed by atoms with E-state index in [2.05, 4.69) is 48.5 Å². The quantitative estimate of drug-likeness (QED) is 0.770. The van der Waals surface area contributed by atoms with Gasteiger partial charge >= 0.3 is 0 Å². The summed E-state index contributed by atoms with van der Waals surface area (Å²) in [5, 5.41) is 13.5. The molecule has 0 atom stereocenters. The Morgan fingerprint density at radius 1 is 1.45 bits per heavy atom. The van der Waals surface area contributed by atoms with Gasteiger partial charge in [-0.1, -0.05) is 27.7 Å². The van der Waals surface area contributed by atoms with Crippen molar-refractivity contribution in [2.75, 3.05) is 13.1 Å². The first-order chi connectivity index (χ1) is 9.39. The van der Waals surface area contributed by atoms with Crippen molar-refractivity contribution in [3.63, 3.8) is 0 Å². The largest absolute Gasteiger partial charge is 0.350 e. The second-order valence-electron chi connectivity index (χ2n) is 6.90. The number of carbonyl (C=O) groups excluding carboxylic acids is 1. The number of nitrogens with zero attached hydrogens (tertiary/aromatic N) is 1. The molecule has 0 radical (unpaired) electrons. The Labute approximate surface area is 120 Å². The van der Waals surface area contributed by atoms with Gasteiger partial charge in [-0.3, -0.25) is 9.89 Å². The normalized spacial score (nSPS) is 15.2. The van der Waals surface area contributed by atoms with Crippen LogP contribution in [0.3, 0.4) is 0 Å². The molecular formula is C15H26N4O. The lowest BCUT2D eigenvalue weighted by atomic mass is 9.84. The van der Waals surface area contributed by atoms with Gasteiger partial charge in [-0.05, 0) is 17.8 Å². The van der Waals surface area contributed by atoms with Crippen molar-refractivity contribution in [3.05, 3.63) is 17.0 Å². The molecule has 5 heteroatoms. The molecule has 0 unspecified atom stereocenters. The van der Waals surface area contributed by atoms with Gasteiger partial charge < -0.3 is 10.6 Å². The maximum atomic E-state index is 12.3.